The second-order valence-electron chi connectivity index (χ2n) is 6.34. The molecular weight excluding hydrogens is 463 g/mol. The van der Waals surface area contributed by atoms with E-state index in [0.717, 1.165) is 12.1 Å². The van der Waals surface area contributed by atoms with Gasteiger partial charge >= 0.3 is 0 Å². The third kappa shape index (κ3) is 5.17. The fourth-order valence-electron chi connectivity index (χ4n) is 2.67. The van der Waals surface area contributed by atoms with Crippen LogP contribution in [0.3, 0.4) is 0 Å². The molecule has 0 aliphatic heterocycles. The Balaban J connectivity index is 1.74. The van der Waals surface area contributed by atoms with Gasteiger partial charge in [-0.3, -0.25) is 29.8 Å². The van der Waals surface area contributed by atoms with Gasteiger partial charge in [-0.05, 0) is 42.5 Å². The second-order valence-corrected chi connectivity index (χ2v) is 7.15. The van der Waals surface area contributed by atoms with Crippen molar-refractivity contribution in [3.63, 3.8) is 0 Å². The Kier molecular flexibility index (Phi) is 6.67. The third-order valence-corrected chi connectivity index (χ3v) is 4.80. The SMILES string of the molecule is O=C(Nc1ccc([N+](=O)[O-])c(Cl)c1)c1cccc(C(=O)Nc2ccc([N+](=O)[O-])c(Cl)c2)c1. The number of amides is 2. The lowest BCUT2D eigenvalue weighted by Gasteiger charge is -2.09. The average molecular weight is 475 g/mol. The lowest BCUT2D eigenvalue weighted by Crippen LogP contribution is -2.15. The Bertz CT molecular complexity index is 1170. The van der Waals surface area contributed by atoms with E-state index in [4.69, 9.17) is 23.2 Å². The van der Waals surface area contributed by atoms with Crippen molar-refractivity contribution in [2.45, 2.75) is 0 Å². The highest BCUT2D eigenvalue weighted by Gasteiger charge is 2.16. The van der Waals surface area contributed by atoms with Gasteiger partial charge in [0.05, 0.1) is 9.85 Å². The van der Waals surface area contributed by atoms with E-state index in [0.29, 0.717) is 0 Å². The first-order valence-corrected chi connectivity index (χ1v) is 9.52. The summed E-state index contributed by atoms with van der Waals surface area (Å²) in [5.41, 5.74) is 0.175. The van der Waals surface area contributed by atoms with Crippen molar-refractivity contribution < 1.29 is 19.4 Å². The number of benzene rings is 3. The van der Waals surface area contributed by atoms with Gasteiger partial charge in [0.25, 0.3) is 23.2 Å². The van der Waals surface area contributed by atoms with E-state index < -0.39 is 21.7 Å². The van der Waals surface area contributed by atoms with Gasteiger partial charge in [0.15, 0.2) is 0 Å². The first-order chi connectivity index (χ1) is 15.2. The summed E-state index contributed by atoms with van der Waals surface area (Å²) in [4.78, 5) is 45.4. The average Bonchev–Trinajstić information content (AvgIpc) is 2.73. The van der Waals surface area contributed by atoms with Crippen LogP contribution in [0, 0.1) is 20.2 Å². The maximum Gasteiger partial charge on any atom is 0.288 e. The summed E-state index contributed by atoms with van der Waals surface area (Å²) in [6, 6.07) is 13.3. The number of nitro groups is 2. The summed E-state index contributed by atoms with van der Waals surface area (Å²) < 4.78 is 0. The Hall–Kier alpha value is -4.02. The normalized spacial score (nSPS) is 10.3. The van der Waals surface area contributed by atoms with Crippen molar-refractivity contribution in [1.29, 1.82) is 0 Å². The summed E-state index contributed by atoms with van der Waals surface area (Å²) >= 11 is 11.7. The first-order valence-electron chi connectivity index (χ1n) is 8.76. The molecule has 0 aromatic heterocycles. The van der Waals surface area contributed by atoms with Crippen LogP contribution in [0.15, 0.2) is 60.7 Å². The summed E-state index contributed by atoms with van der Waals surface area (Å²) in [7, 11) is 0. The number of anilines is 2. The first kappa shape index (κ1) is 22.7. The Labute approximate surface area is 190 Å². The molecule has 32 heavy (non-hydrogen) atoms. The van der Waals surface area contributed by atoms with Crippen LogP contribution in [0.5, 0.6) is 0 Å². The third-order valence-electron chi connectivity index (χ3n) is 4.19. The number of rotatable bonds is 6. The molecule has 12 heteroatoms. The molecule has 0 aliphatic carbocycles. The van der Waals surface area contributed by atoms with E-state index >= 15 is 0 Å². The molecule has 0 fully saturated rings. The molecule has 0 spiro atoms. The van der Waals surface area contributed by atoms with Gasteiger partial charge in [0.2, 0.25) is 0 Å². The highest BCUT2D eigenvalue weighted by Crippen LogP contribution is 2.28. The number of hydrogen-bond acceptors (Lipinski definition) is 6. The molecule has 0 bridgehead atoms. The predicted molar refractivity (Wildman–Crippen MR) is 119 cm³/mol. The maximum atomic E-state index is 12.5. The minimum Gasteiger partial charge on any atom is -0.322 e. The zero-order valence-corrected chi connectivity index (χ0v) is 17.4. The highest BCUT2D eigenvalue weighted by molar-refractivity contribution is 6.33. The van der Waals surface area contributed by atoms with Gasteiger partial charge in [0, 0.05) is 34.6 Å². The van der Waals surface area contributed by atoms with Crippen molar-refractivity contribution in [3.8, 4) is 0 Å². The zero-order chi connectivity index (χ0) is 23.4. The number of halogens is 2. The molecule has 162 valence electrons. The number of nitrogens with zero attached hydrogens (tertiary/aromatic N) is 2. The van der Waals surface area contributed by atoms with Gasteiger partial charge in [-0.1, -0.05) is 29.3 Å². The van der Waals surface area contributed by atoms with Crippen molar-refractivity contribution in [2.24, 2.45) is 0 Å². The largest absolute Gasteiger partial charge is 0.322 e. The molecule has 0 saturated heterocycles. The summed E-state index contributed by atoms with van der Waals surface area (Å²) in [6.07, 6.45) is 0. The van der Waals surface area contributed by atoms with Crippen LogP contribution in [0.1, 0.15) is 20.7 Å². The fraction of sp³-hybridized carbons (Fsp3) is 0. The van der Waals surface area contributed by atoms with Crippen LogP contribution < -0.4 is 10.6 Å². The van der Waals surface area contributed by atoms with Crippen molar-refractivity contribution in [1.82, 2.24) is 0 Å². The molecule has 3 rings (SSSR count). The minimum atomic E-state index is -0.645. The number of nitrogens with one attached hydrogen (secondary N) is 2. The van der Waals surface area contributed by atoms with Crippen molar-refractivity contribution >= 4 is 57.8 Å². The van der Waals surface area contributed by atoms with Gasteiger partial charge in [0.1, 0.15) is 10.0 Å². The van der Waals surface area contributed by atoms with Crippen molar-refractivity contribution in [3.05, 3.63) is 102 Å². The summed E-state index contributed by atoms with van der Waals surface area (Å²) in [5, 5.41) is 26.5. The molecule has 0 heterocycles. The maximum absolute atomic E-state index is 12.5. The predicted octanol–water partition coefficient (Wildman–Crippen LogP) is 5.31. The van der Waals surface area contributed by atoms with E-state index in [1.54, 1.807) is 0 Å². The molecule has 2 N–H and O–H groups in total. The Morgan fingerprint density at radius 2 is 1.09 bits per heavy atom. The molecule has 3 aromatic carbocycles. The Morgan fingerprint density at radius 3 is 1.44 bits per heavy atom. The van der Waals surface area contributed by atoms with Crippen LogP contribution in [0.2, 0.25) is 10.0 Å². The molecule has 0 aliphatic rings. The van der Waals surface area contributed by atoms with Gasteiger partial charge in [-0.15, -0.1) is 0 Å². The number of hydrogen-bond donors (Lipinski definition) is 2. The topological polar surface area (TPSA) is 144 Å². The zero-order valence-electron chi connectivity index (χ0n) is 15.9. The smallest absolute Gasteiger partial charge is 0.288 e. The Morgan fingerprint density at radius 1 is 0.688 bits per heavy atom. The minimum absolute atomic E-state index is 0.136. The summed E-state index contributed by atoms with van der Waals surface area (Å²) in [6.45, 7) is 0. The molecule has 0 unspecified atom stereocenters. The summed E-state index contributed by atoms with van der Waals surface area (Å²) in [5.74, 6) is -1.13. The lowest BCUT2D eigenvalue weighted by atomic mass is 10.1. The van der Waals surface area contributed by atoms with Crippen LogP contribution in [-0.4, -0.2) is 21.7 Å². The van der Waals surface area contributed by atoms with Gasteiger partial charge in [-0.2, -0.15) is 0 Å². The van der Waals surface area contributed by atoms with Gasteiger partial charge in [-0.25, -0.2) is 0 Å². The van der Waals surface area contributed by atoms with E-state index in [9.17, 15) is 29.8 Å². The van der Waals surface area contributed by atoms with Gasteiger partial charge < -0.3 is 10.6 Å². The van der Waals surface area contributed by atoms with Crippen LogP contribution >= 0.6 is 23.2 Å². The number of carbonyl (C=O) groups is 2. The van der Waals surface area contributed by atoms with E-state index in [-0.39, 0.29) is 43.9 Å². The molecule has 0 radical (unpaired) electrons. The van der Waals surface area contributed by atoms with Crippen LogP contribution in [0.25, 0.3) is 0 Å². The van der Waals surface area contributed by atoms with Crippen molar-refractivity contribution in [2.75, 3.05) is 10.6 Å². The monoisotopic (exact) mass is 474 g/mol. The van der Waals surface area contributed by atoms with E-state index in [1.807, 2.05) is 0 Å². The lowest BCUT2D eigenvalue weighted by molar-refractivity contribution is -0.384. The molecule has 0 atom stereocenters. The molecule has 10 nitrogen and oxygen atoms in total. The van der Waals surface area contributed by atoms with Crippen LogP contribution in [0.4, 0.5) is 22.7 Å². The van der Waals surface area contributed by atoms with E-state index in [2.05, 4.69) is 10.6 Å². The molecular formula is C20H12Cl2N4O6. The molecule has 2 amide bonds. The standard InChI is InChI=1S/C20H12Cl2N4O6/c21-15-9-13(4-6-17(15)25(29)30)23-19(27)11-2-1-3-12(8-11)20(28)24-14-5-7-18(26(31)32)16(22)10-14/h1-10H,(H,23,27)(H,24,28). The number of carbonyl (C=O) groups excluding carboxylic acids is 2. The quantitative estimate of drug-likeness (QED) is 0.365. The molecule has 0 saturated carbocycles. The van der Waals surface area contributed by atoms with Crippen LogP contribution in [-0.2, 0) is 0 Å². The second kappa shape index (κ2) is 9.41. The van der Waals surface area contributed by atoms with E-state index in [1.165, 1.54) is 48.5 Å². The highest BCUT2D eigenvalue weighted by atomic mass is 35.5. The number of nitro benzene ring substituents is 2. The molecule has 3 aromatic rings. The fourth-order valence-corrected chi connectivity index (χ4v) is 3.17.